The van der Waals surface area contributed by atoms with Gasteiger partial charge in [0.15, 0.2) is 5.15 Å². The zero-order chi connectivity index (χ0) is 17.5. The molecule has 0 aliphatic carbocycles. The smallest absolute Gasteiger partial charge is 0.247 e. The van der Waals surface area contributed by atoms with Gasteiger partial charge in [0.2, 0.25) is 5.71 Å². The van der Waals surface area contributed by atoms with Gasteiger partial charge in [0.25, 0.3) is 0 Å². The van der Waals surface area contributed by atoms with Crippen LogP contribution in [0.3, 0.4) is 0 Å². The van der Waals surface area contributed by atoms with E-state index in [1.54, 1.807) is 0 Å². The number of furan rings is 1. The highest BCUT2D eigenvalue weighted by Crippen LogP contribution is 2.33. The number of para-hydroxylation sites is 1. The summed E-state index contributed by atoms with van der Waals surface area (Å²) in [5, 5.41) is 1.27. The molecule has 0 fully saturated rings. The summed E-state index contributed by atoms with van der Waals surface area (Å²) < 4.78 is 5.76. The summed E-state index contributed by atoms with van der Waals surface area (Å²) in [5.74, 6) is 0. The third-order valence-electron chi connectivity index (χ3n) is 4.41. The van der Waals surface area contributed by atoms with Crippen molar-refractivity contribution in [3.8, 4) is 22.4 Å². The monoisotopic (exact) mass is 356 g/mol. The van der Waals surface area contributed by atoms with E-state index in [9.17, 15) is 0 Å². The molecule has 5 rings (SSSR count). The third kappa shape index (κ3) is 2.45. The fourth-order valence-corrected chi connectivity index (χ4v) is 3.39. The molecule has 0 spiro atoms. The highest BCUT2D eigenvalue weighted by Gasteiger charge is 2.15. The molecule has 3 nitrogen and oxygen atoms in total. The fraction of sp³-hybridized carbons (Fsp3) is 0. The van der Waals surface area contributed by atoms with E-state index >= 15 is 0 Å². The van der Waals surface area contributed by atoms with Crippen LogP contribution in [0.4, 0.5) is 0 Å². The maximum absolute atomic E-state index is 6.43. The van der Waals surface area contributed by atoms with E-state index in [1.165, 1.54) is 0 Å². The van der Waals surface area contributed by atoms with E-state index in [0.717, 1.165) is 33.2 Å². The highest BCUT2D eigenvalue weighted by atomic mass is 35.5. The zero-order valence-corrected chi connectivity index (χ0v) is 14.4. The predicted molar refractivity (Wildman–Crippen MR) is 105 cm³/mol. The second-order valence-corrected chi connectivity index (χ2v) is 6.42. The van der Waals surface area contributed by atoms with Gasteiger partial charge in [-0.15, -0.1) is 0 Å². The summed E-state index contributed by atoms with van der Waals surface area (Å²) >= 11 is 6.43. The average Bonchev–Trinajstić information content (AvgIpc) is 3.05. The van der Waals surface area contributed by atoms with Crippen molar-refractivity contribution in [3.63, 3.8) is 0 Å². The van der Waals surface area contributed by atoms with E-state index in [0.29, 0.717) is 16.6 Å². The van der Waals surface area contributed by atoms with Gasteiger partial charge in [-0.05, 0) is 29.3 Å². The van der Waals surface area contributed by atoms with Gasteiger partial charge < -0.3 is 4.42 Å². The summed E-state index contributed by atoms with van der Waals surface area (Å²) in [4.78, 5) is 9.21. The number of benzene rings is 3. The number of rotatable bonds is 2. The number of aromatic nitrogens is 2. The van der Waals surface area contributed by atoms with Crippen LogP contribution in [0.15, 0.2) is 83.3 Å². The quantitative estimate of drug-likeness (QED) is 0.369. The number of nitrogens with zero attached hydrogens (tertiary/aromatic N) is 2. The average molecular weight is 357 g/mol. The molecule has 3 aromatic carbocycles. The van der Waals surface area contributed by atoms with Crippen molar-refractivity contribution in [3.05, 3.63) is 84.0 Å². The molecule has 4 heteroatoms. The Balaban J connectivity index is 1.71. The summed E-state index contributed by atoms with van der Waals surface area (Å²) in [6.07, 6.45) is 0. The van der Waals surface area contributed by atoms with Crippen LogP contribution in [-0.4, -0.2) is 9.97 Å². The van der Waals surface area contributed by atoms with Gasteiger partial charge in [0, 0.05) is 10.9 Å². The number of hydrogen-bond donors (Lipinski definition) is 0. The van der Waals surface area contributed by atoms with Gasteiger partial charge in [0.05, 0.1) is 0 Å². The maximum atomic E-state index is 6.43. The van der Waals surface area contributed by atoms with Crippen LogP contribution in [0.1, 0.15) is 0 Å². The van der Waals surface area contributed by atoms with Crippen LogP contribution < -0.4 is 0 Å². The van der Waals surface area contributed by atoms with Crippen molar-refractivity contribution in [2.75, 3.05) is 0 Å². The van der Waals surface area contributed by atoms with Gasteiger partial charge in [-0.1, -0.05) is 72.3 Å². The Hall–Kier alpha value is -3.17. The molecule has 0 atom stereocenters. The topological polar surface area (TPSA) is 38.9 Å². The standard InChI is InChI=1S/C22H13ClN2O/c23-21-19(16-10-6-9-15(13-16)14-7-2-1-3-8-14)24-20-17-11-4-5-12-18(17)26-22(20)25-21/h1-13H. The molecular formula is C22H13ClN2O. The molecule has 0 radical (unpaired) electrons. The summed E-state index contributed by atoms with van der Waals surface area (Å²) in [7, 11) is 0. The molecule has 0 bridgehead atoms. The number of fused-ring (bicyclic) bond motifs is 3. The third-order valence-corrected chi connectivity index (χ3v) is 4.68. The van der Waals surface area contributed by atoms with Gasteiger partial charge in [-0.2, -0.15) is 4.98 Å². The van der Waals surface area contributed by atoms with Crippen LogP contribution in [0.25, 0.3) is 44.6 Å². The molecule has 0 unspecified atom stereocenters. The van der Waals surface area contributed by atoms with Crippen LogP contribution in [0.2, 0.25) is 5.15 Å². The molecule has 0 N–H and O–H groups in total. The Bertz CT molecular complexity index is 1250. The van der Waals surface area contributed by atoms with Gasteiger partial charge in [-0.25, -0.2) is 4.98 Å². The van der Waals surface area contributed by atoms with Crippen molar-refractivity contribution in [2.24, 2.45) is 0 Å². The van der Waals surface area contributed by atoms with E-state index in [2.05, 4.69) is 29.2 Å². The summed E-state index contributed by atoms with van der Waals surface area (Å²) in [6.45, 7) is 0. The Labute approximate surface area is 154 Å². The molecule has 0 saturated carbocycles. The molecule has 0 saturated heterocycles. The first-order valence-electron chi connectivity index (χ1n) is 8.30. The number of hydrogen-bond acceptors (Lipinski definition) is 3. The minimum Gasteiger partial charge on any atom is -0.436 e. The molecule has 26 heavy (non-hydrogen) atoms. The molecule has 2 heterocycles. The van der Waals surface area contributed by atoms with Crippen molar-refractivity contribution in [2.45, 2.75) is 0 Å². The first-order chi connectivity index (χ1) is 12.8. The zero-order valence-electron chi connectivity index (χ0n) is 13.7. The normalized spacial score (nSPS) is 11.3. The SMILES string of the molecule is Clc1nc2oc3ccccc3c2nc1-c1cccc(-c2ccccc2)c1. The lowest BCUT2D eigenvalue weighted by molar-refractivity contribution is 0.653. The van der Waals surface area contributed by atoms with Crippen molar-refractivity contribution in [1.29, 1.82) is 0 Å². The second kappa shape index (κ2) is 5.97. The largest absolute Gasteiger partial charge is 0.436 e. The molecule has 124 valence electrons. The lowest BCUT2D eigenvalue weighted by Crippen LogP contribution is -1.90. The number of halogens is 1. The van der Waals surface area contributed by atoms with Gasteiger partial charge >= 0.3 is 0 Å². The first-order valence-corrected chi connectivity index (χ1v) is 8.68. The van der Waals surface area contributed by atoms with E-state index in [1.807, 2.05) is 54.6 Å². The Kier molecular flexibility index (Phi) is 3.47. The Morgan fingerprint density at radius 2 is 1.42 bits per heavy atom. The highest BCUT2D eigenvalue weighted by molar-refractivity contribution is 6.32. The van der Waals surface area contributed by atoms with Crippen LogP contribution in [-0.2, 0) is 0 Å². The van der Waals surface area contributed by atoms with Crippen LogP contribution in [0.5, 0.6) is 0 Å². The fourth-order valence-electron chi connectivity index (χ4n) is 3.16. The Morgan fingerprint density at radius 3 is 2.31 bits per heavy atom. The molecule has 2 aromatic heterocycles. The summed E-state index contributed by atoms with van der Waals surface area (Å²) in [6, 6.07) is 26.2. The molecule has 0 amide bonds. The molecule has 0 aliphatic rings. The van der Waals surface area contributed by atoms with Crippen molar-refractivity contribution >= 4 is 33.8 Å². The molecular weight excluding hydrogens is 344 g/mol. The van der Waals surface area contributed by atoms with Gasteiger partial charge in [-0.3, -0.25) is 0 Å². The van der Waals surface area contributed by atoms with Crippen LogP contribution in [0, 0.1) is 0 Å². The Morgan fingerprint density at radius 1 is 0.692 bits per heavy atom. The molecule has 0 aliphatic heterocycles. The minimum atomic E-state index is 0.335. The predicted octanol–water partition coefficient (Wildman–Crippen LogP) is 6.36. The molecule has 5 aromatic rings. The van der Waals surface area contributed by atoms with E-state index < -0.39 is 0 Å². The van der Waals surface area contributed by atoms with Crippen molar-refractivity contribution in [1.82, 2.24) is 9.97 Å². The first kappa shape index (κ1) is 15.1. The van der Waals surface area contributed by atoms with E-state index in [4.69, 9.17) is 21.0 Å². The summed E-state index contributed by atoms with van der Waals surface area (Å²) in [5.41, 5.74) is 5.78. The lowest BCUT2D eigenvalue weighted by Gasteiger charge is -2.06. The van der Waals surface area contributed by atoms with Crippen LogP contribution >= 0.6 is 11.6 Å². The van der Waals surface area contributed by atoms with E-state index in [-0.39, 0.29) is 0 Å². The maximum Gasteiger partial charge on any atom is 0.247 e. The minimum absolute atomic E-state index is 0.335. The lowest BCUT2D eigenvalue weighted by atomic mass is 10.0. The van der Waals surface area contributed by atoms with Crippen molar-refractivity contribution < 1.29 is 4.42 Å². The van der Waals surface area contributed by atoms with Gasteiger partial charge in [0.1, 0.15) is 16.8 Å². The second-order valence-electron chi connectivity index (χ2n) is 6.06.